The zero-order valence-corrected chi connectivity index (χ0v) is 15.6. The molecule has 0 radical (unpaired) electrons. The van der Waals surface area contributed by atoms with Crippen LogP contribution in [0.15, 0.2) is 71.5 Å². The summed E-state index contributed by atoms with van der Waals surface area (Å²) in [6.45, 7) is 1.94. The number of carbonyl (C=O) groups is 1. The SMILES string of the molecule is Cc1nc2cc(C(=O)Nc3ccc4[nH]c(=O)[nH]c4c3)ccc2n1-c1ccccc1. The van der Waals surface area contributed by atoms with Gasteiger partial charge in [-0.3, -0.25) is 9.36 Å². The van der Waals surface area contributed by atoms with Crippen LogP contribution in [-0.4, -0.2) is 25.4 Å². The van der Waals surface area contributed by atoms with E-state index in [0.29, 0.717) is 22.3 Å². The smallest absolute Gasteiger partial charge is 0.322 e. The molecule has 3 N–H and O–H groups in total. The normalized spacial score (nSPS) is 11.2. The molecule has 0 unspecified atom stereocenters. The van der Waals surface area contributed by atoms with Gasteiger partial charge in [-0.25, -0.2) is 9.78 Å². The first-order valence-corrected chi connectivity index (χ1v) is 9.16. The standard InChI is InChI=1S/C22H17N5O2/c1-13-23-19-11-14(7-10-20(19)27(13)16-5-3-2-4-6-16)21(28)24-15-8-9-17-18(12-15)26-22(29)25-17/h2-12H,1H3,(H,24,28)(H2,25,26,29). The molecule has 0 saturated carbocycles. The van der Waals surface area contributed by atoms with Crippen LogP contribution < -0.4 is 11.0 Å². The molecular weight excluding hydrogens is 366 g/mol. The fraction of sp³-hybridized carbons (Fsp3) is 0.0455. The van der Waals surface area contributed by atoms with Crippen molar-refractivity contribution in [2.75, 3.05) is 5.32 Å². The van der Waals surface area contributed by atoms with Crippen molar-refractivity contribution in [1.82, 2.24) is 19.5 Å². The van der Waals surface area contributed by atoms with Crippen LogP contribution in [-0.2, 0) is 0 Å². The van der Waals surface area contributed by atoms with Crippen LogP contribution in [0, 0.1) is 6.92 Å². The Hall–Kier alpha value is -4.13. The number of hydrogen-bond acceptors (Lipinski definition) is 3. The second kappa shape index (κ2) is 6.49. The van der Waals surface area contributed by atoms with Gasteiger partial charge in [0.05, 0.1) is 22.1 Å². The van der Waals surface area contributed by atoms with E-state index in [0.717, 1.165) is 22.5 Å². The number of aromatic nitrogens is 4. The van der Waals surface area contributed by atoms with Crippen molar-refractivity contribution >= 4 is 33.7 Å². The van der Waals surface area contributed by atoms with Crippen LogP contribution in [0.4, 0.5) is 5.69 Å². The number of H-pyrrole nitrogens is 2. The number of aryl methyl sites for hydroxylation is 1. The predicted octanol–water partition coefficient (Wildman–Crippen LogP) is 3.76. The van der Waals surface area contributed by atoms with E-state index in [1.807, 2.05) is 43.3 Å². The van der Waals surface area contributed by atoms with E-state index in [9.17, 15) is 9.59 Å². The lowest BCUT2D eigenvalue weighted by atomic mass is 10.1. The second-order valence-corrected chi connectivity index (χ2v) is 6.83. The third-order valence-corrected chi connectivity index (χ3v) is 4.87. The van der Waals surface area contributed by atoms with Crippen LogP contribution in [0.25, 0.3) is 27.8 Å². The van der Waals surface area contributed by atoms with Gasteiger partial charge >= 0.3 is 5.69 Å². The fourth-order valence-corrected chi connectivity index (χ4v) is 3.56. The number of fused-ring (bicyclic) bond motifs is 2. The van der Waals surface area contributed by atoms with E-state index in [4.69, 9.17) is 0 Å². The summed E-state index contributed by atoms with van der Waals surface area (Å²) in [5, 5.41) is 2.87. The topological polar surface area (TPSA) is 95.6 Å². The van der Waals surface area contributed by atoms with Gasteiger partial charge in [-0.1, -0.05) is 18.2 Å². The Morgan fingerprint density at radius 1 is 0.966 bits per heavy atom. The second-order valence-electron chi connectivity index (χ2n) is 6.83. The van der Waals surface area contributed by atoms with Crippen molar-refractivity contribution < 1.29 is 4.79 Å². The third-order valence-electron chi connectivity index (χ3n) is 4.87. The first-order chi connectivity index (χ1) is 14.1. The molecule has 3 aromatic carbocycles. The predicted molar refractivity (Wildman–Crippen MR) is 113 cm³/mol. The number of nitrogens with zero attached hydrogens (tertiary/aromatic N) is 2. The fourth-order valence-electron chi connectivity index (χ4n) is 3.56. The molecule has 2 heterocycles. The molecular formula is C22H17N5O2. The van der Waals surface area contributed by atoms with Crippen molar-refractivity contribution in [3.8, 4) is 5.69 Å². The Morgan fingerprint density at radius 3 is 2.59 bits per heavy atom. The zero-order chi connectivity index (χ0) is 20.0. The number of carbonyl (C=O) groups excluding carboxylic acids is 1. The number of rotatable bonds is 3. The molecule has 0 bridgehead atoms. The van der Waals surface area contributed by atoms with Gasteiger partial charge in [0.2, 0.25) is 0 Å². The summed E-state index contributed by atoms with van der Waals surface area (Å²) >= 11 is 0. The number of para-hydroxylation sites is 1. The lowest BCUT2D eigenvalue weighted by Crippen LogP contribution is -2.11. The highest BCUT2D eigenvalue weighted by Crippen LogP contribution is 2.23. The number of amides is 1. The van der Waals surface area contributed by atoms with Gasteiger partial charge in [-0.2, -0.15) is 0 Å². The highest BCUT2D eigenvalue weighted by Gasteiger charge is 2.13. The number of imidazole rings is 2. The maximum atomic E-state index is 12.7. The van der Waals surface area contributed by atoms with E-state index >= 15 is 0 Å². The number of benzene rings is 3. The highest BCUT2D eigenvalue weighted by molar-refractivity contribution is 6.06. The molecule has 0 aliphatic carbocycles. The average Bonchev–Trinajstić information content (AvgIpc) is 3.25. The number of anilines is 1. The Kier molecular flexibility index (Phi) is 3.80. The van der Waals surface area contributed by atoms with Crippen molar-refractivity contribution in [1.29, 1.82) is 0 Å². The van der Waals surface area contributed by atoms with E-state index in [-0.39, 0.29) is 11.6 Å². The minimum atomic E-state index is -0.279. The largest absolute Gasteiger partial charge is 0.323 e. The zero-order valence-electron chi connectivity index (χ0n) is 15.6. The highest BCUT2D eigenvalue weighted by atomic mass is 16.2. The molecule has 1 amide bonds. The average molecular weight is 383 g/mol. The third kappa shape index (κ3) is 2.98. The summed E-state index contributed by atoms with van der Waals surface area (Å²) in [4.78, 5) is 34.1. The minimum Gasteiger partial charge on any atom is -0.322 e. The lowest BCUT2D eigenvalue weighted by Gasteiger charge is -2.08. The van der Waals surface area contributed by atoms with Crippen LogP contribution >= 0.6 is 0 Å². The van der Waals surface area contributed by atoms with E-state index in [1.165, 1.54) is 0 Å². The van der Waals surface area contributed by atoms with Gasteiger partial charge in [0.15, 0.2) is 0 Å². The Balaban J connectivity index is 1.48. The van der Waals surface area contributed by atoms with Crippen molar-refractivity contribution in [2.24, 2.45) is 0 Å². The van der Waals surface area contributed by atoms with Crippen LogP contribution in [0.5, 0.6) is 0 Å². The van der Waals surface area contributed by atoms with E-state index < -0.39 is 0 Å². The molecule has 29 heavy (non-hydrogen) atoms. The summed E-state index contributed by atoms with van der Waals surface area (Å²) in [7, 11) is 0. The molecule has 142 valence electrons. The summed E-state index contributed by atoms with van der Waals surface area (Å²) in [6.07, 6.45) is 0. The van der Waals surface area contributed by atoms with Crippen molar-refractivity contribution in [2.45, 2.75) is 6.92 Å². The van der Waals surface area contributed by atoms with Crippen LogP contribution in [0.3, 0.4) is 0 Å². The molecule has 5 rings (SSSR count). The molecule has 7 heteroatoms. The minimum absolute atomic E-state index is 0.240. The number of aromatic amines is 2. The molecule has 0 atom stereocenters. The monoisotopic (exact) mass is 383 g/mol. The number of hydrogen-bond donors (Lipinski definition) is 3. The summed E-state index contributed by atoms with van der Waals surface area (Å²) in [6, 6.07) is 20.7. The lowest BCUT2D eigenvalue weighted by molar-refractivity contribution is 0.102. The summed E-state index contributed by atoms with van der Waals surface area (Å²) in [5.41, 5.74) is 4.89. The van der Waals surface area contributed by atoms with Crippen LogP contribution in [0.1, 0.15) is 16.2 Å². The van der Waals surface area contributed by atoms with Gasteiger partial charge in [0, 0.05) is 16.9 Å². The van der Waals surface area contributed by atoms with E-state index in [2.05, 4.69) is 24.8 Å². The maximum Gasteiger partial charge on any atom is 0.323 e. The number of nitrogens with one attached hydrogen (secondary N) is 3. The molecule has 5 aromatic rings. The van der Waals surface area contributed by atoms with Gasteiger partial charge in [-0.05, 0) is 55.5 Å². The van der Waals surface area contributed by atoms with Crippen molar-refractivity contribution in [3.63, 3.8) is 0 Å². The molecule has 0 spiro atoms. The van der Waals surface area contributed by atoms with Gasteiger partial charge < -0.3 is 15.3 Å². The Labute approximate surface area is 165 Å². The first-order valence-electron chi connectivity index (χ1n) is 9.16. The maximum absolute atomic E-state index is 12.7. The molecule has 0 saturated heterocycles. The molecule has 7 nitrogen and oxygen atoms in total. The molecule has 0 fully saturated rings. The molecule has 0 aliphatic rings. The first kappa shape index (κ1) is 17.0. The molecule has 0 aliphatic heterocycles. The summed E-state index contributed by atoms with van der Waals surface area (Å²) in [5.74, 6) is 0.613. The van der Waals surface area contributed by atoms with Gasteiger partial charge in [-0.15, -0.1) is 0 Å². The van der Waals surface area contributed by atoms with Gasteiger partial charge in [0.25, 0.3) is 5.91 Å². The van der Waals surface area contributed by atoms with Crippen molar-refractivity contribution in [3.05, 3.63) is 88.6 Å². The van der Waals surface area contributed by atoms with E-state index in [1.54, 1.807) is 30.3 Å². The Bertz CT molecular complexity index is 1430. The van der Waals surface area contributed by atoms with Gasteiger partial charge in [0.1, 0.15) is 5.82 Å². The molecule has 2 aromatic heterocycles. The Morgan fingerprint density at radius 2 is 1.76 bits per heavy atom. The van der Waals surface area contributed by atoms with Crippen LogP contribution in [0.2, 0.25) is 0 Å². The quantitative estimate of drug-likeness (QED) is 0.443. The summed E-state index contributed by atoms with van der Waals surface area (Å²) < 4.78 is 2.06.